The van der Waals surface area contributed by atoms with E-state index < -0.39 is 0 Å². The molecule has 3 N–H and O–H groups in total. The predicted molar refractivity (Wildman–Crippen MR) is 76.2 cm³/mol. The fraction of sp³-hybridized carbons (Fsp3) is 0.357. The first-order valence-electron chi connectivity index (χ1n) is 6.32. The van der Waals surface area contributed by atoms with Gasteiger partial charge < -0.3 is 15.8 Å². The zero-order valence-electron chi connectivity index (χ0n) is 10.6. The Hall–Kier alpha value is -1.52. The third-order valence-corrected chi connectivity index (χ3v) is 3.13. The van der Waals surface area contributed by atoms with Crippen LogP contribution in [0.5, 0.6) is 5.75 Å². The van der Waals surface area contributed by atoms with Gasteiger partial charge >= 0.3 is 0 Å². The molecule has 102 valence electrons. The first-order chi connectivity index (χ1) is 9.20. The van der Waals surface area contributed by atoms with E-state index in [1.807, 2.05) is 12.1 Å². The van der Waals surface area contributed by atoms with E-state index in [1.165, 1.54) is 0 Å². The minimum absolute atomic E-state index is 0.0948. The van der Waals surface area contributed by atoms with Gasteiger partial charge in [0.25, 0.3) is 5.91 Å². The lowest BCUT2D eigenvalue weighted by Crippen LogP contribution is -2.29. The number of ether oxygens (including phenoxy) is 1. The Morgan fingerprint density at radius 1 is 1.42 bits per heavy atom. The maximum Gasteiger partial charge on any atom is 0.250 e. The van der Waals surface area contributed by atoms with Crippen molar-refractivity contribution in [3.05, 3.63) is 34.4 Å². The van der Waals surface area contributed by atoms with Gasteiger partial charge in [-0.2, -0.15) is 0 Å². The van der Waals surface area contributed by atoms with Crippen molar-refractivity contribution < 1.29 is 9.53 Å². The van der Waals surface area contributed by atoms with Crippen LogP contribution in [0.15, 0.2) is 23.8 Å². The van der Waals surface area contributed by atoms with Crippen LogP contribution in [-0.4, -0.2) is 25.6 Å². The fourth-order valence-corrected chi connectivity index (χ4v) is 2.04. The van der Waals surface area contributed by atoms with E-state index in [0.29, 0.717) is 23.7 Å². The van der Waals surface area contributed by atoms with Gasteiger partial charge in [0.2, 0.25) is 0 Å². The molecule has 0 aliphatic carbocycles. The molecule has 1 aliphatic rings. The van der Waals surface area contributed by atoms with Crippen LogP contribution in [0.2, 0.25) is 5.02 Å². The molecule has 0 spiro atoms. The lowest BCUT2D eigenvalue weighted by Gasteiger charge is -2.17. The van der Waals surface area contributed by atoms with Gasteiger partial charge in [-0.25, -0.2) is 0 Å². The van der Waals surface area contributed by atoms with E-state index in [9.17, 15) is 4.79 Å². The number of nitrogens with one attached hydrogen (secondary N) is 1. The van der Waals surface area contributed by atoms with Gasteiger partial charge in [0, 0.05) is 17.1 Å². The van der Waals surface area contributed by atoms with E-state index in [4.69, 9.17) is 22.1 Å². The molecule has 5 heteroatoms. The summed E-state index contributed by atoms with van der Waals surface area (Å²) in [7, 11) is 0. The maximum absolute atomic E-state index is 11.9. The number of carbonyl (C=O) groups is 1. The van der Waals surface area contributed by atoms with Crippen LogP contribution in [-0.2, 0) is 4.79 Å². The maximum atomic E-state index is 11.9. The first-order valence-corrected chi connectivity index (χ1v) is 6.69. The van der Waals surface area contributed by atoms with Crippen LogP contribution in [0, 0.1) is 0 Å². The molecule has 0 atom stereocenters. The molecule has 0 radical (unpaired) electrons. The SMILES string of the molecule is NCCCCNC(=O)C1=Cc2cc(Cl)ccc2OC1. The van der Waals surface area contributed by atoms with E-state index in [0.717, 1.165) is 24.2 Å². The van der Waals surface area contributed by atoms with E-state index in [1.54, 1.807) is 12.1 Å². The Bertz CT molecular complexity index is 500. The van der Waals surface area contributed by atoms with Crippen molar-refractivity contribution >= 4 is 23.6 Å². The zero-order valence-corrected chi connectivity index (χ0v) is 11.4. The molecule has 19 heavy (non-hydrogen) atoms. The van der Waals surface area contributed by atoms with Crippen molar-refractivity contribution in [2.45, 2.75) is 12.8 Å². The van der Waals surface area contributed by atoms with Crippen LogP contribution in [0.1, 0.15) is 18.4 Å². The van der Waals surface area contributed by atoms with E-state index >= 15 is 0 Å². The van der Waals surface area contributed by atoms with Crippen molar-refractivity contribution in [2.75, 3.05) is 19.7 Å². The van der Waals surface area contributed by atoms with Gasteiger partial charge in [-0.3, -0.25) is 4.79 Å². The second kappa shape index (κ2) is 6.59. The number of carbonyl (C=O) groups excluding carboxylic acids is 1. The number of halogens is 1. The Labute approximate surface area is 117 Å². The van der Waals surface area contributed by atoms with Crippen LogP contribution in [0.4, 0.5) is 0 Å². The van der Waals surface area contributed by atoms with Gasteiger partial charge in [-0.15, -0.1) is 0 Å². The summed E-state index contributed by atoms with van der Waals surface area (Å²) in [4.78, 5) is 11.9. The Morgan fingerprint density at radius 3 is 3.05 bits per heavy atom. The molecule has 4 nitrogen and oxygen atoms in total. The normalized spacial score (nSPS) is 13.3. The predicted octanol–water partition coefficient (Wildman–Crippen LogP) is 1.97. The van der Waals surface area contributed by atoms with Crippen LogP contribution >= 0.6 is 11.6 Å². The van der Waals surface area contributed by atoms with Gasteiger partial charge in [0.15, 0.2) is 0 Å². The highest BCUT2D eigenvalue weighted by atomic mass is 35.5. The molecular weight excluding hydrogens is 264 g/mol. The van der Waals surface area contributed by atoms with Gasteiger partial charge in [0.05, 0.1) is 5.57 Å². The minimum Gasteiger partial charge on any atom is -0.488 e. The molecule has 0 saturated heterocycles. The smallest absolute Gasteiger partial charge is 0.250 e. The van der Waals surface area contributed by atoms with Gasteiger partial charge in [-0.1, -0.05) is 11.6 Å². The molecule has 0 fully saturated rings. The molecule has 1 aromatic rings. The Kier molecular flexibility index (Phi) is 4.82. The summed E-state index contributed by atoms with van der Waals surface area (Å²) in [5.74, 6) is 0.659. The number of fused-ring (bicyclic) bond motifs is 1. The van der Waals surface area contributed by atoms with E-state index in [-0.39, 0.29) is 12.5 Å². The average Bonchev–Trinajstić information content (AvgIpc) is 2.42. The molecule has 1 aromatic carbocycles. The Balaban J connectivity index is 2.00. The summed E-state index contributed by atoms with van der Waals surface area (Å²) in [6.07, 6.45) is 3.62. The summed E-state index contributed by atoms with van der Waals surface area (Å²) in [5.41, 5.74) is 6.85. The van der Waals surface area contributed by atoms with Crippen molar-refractivity contribution in [3.8, 4) is 5.75 Å². The van der Waals surface area contributed by atoms with Crippen molar-refractivity contribution in [1.29, 1.82) is 0 Å². The van der Waals surface area contributed by atoms with Crippen LogP contribution < -0.4 is 15.8 Å². The third kappa shape index (κ3) is 3.72. The standard InChI is InChI=1S/C14H17ClN2O2/c15-12-3-4-13-10(8-12)7-11(9-19-13)14(18)17-6-2-1-5-16/h3-4,7-8H,1-2,5-6,9,16H2,(H,17,18). The van der Waals surface area contributed by atoms with Crippen LogP contribution in [0.25, 0.3) is 6.08 Å². The molecule has 0 bridgehead atoms. The van der Waals surface area contributed by atoms with E-state index in [2.05, 4.69) is 5.32 Å². The molecule has 1 amide bonds. The summed E-state index contributed by atoms with van der Waals surface area (Å²) < 4.78 is 5.53. The Morgan fingerprint density at radius 2 is 2.26 bits per heavy atom. The first kappa shape index (κ1) is 13.9. The number of unbranched alkanes of at least 4 members (excludes halogenated alkanes) is 1. The molecule has 1 aliphatic heterocycles. The number of hydrogen-bond donors (Lipinski definition) is 2. The highest BCUT2D eigenvalue weighted by Crippen LogP contribution is 2.28. The number of rotatable bonds is 5. The summed E-state index contributed by atoms with van der Waals surface area (Å²) in [6.45, 7) is 1.57. The largest absolute Gasteiger partial charge is 0.488 e. The number of benzene rings is 1. The molecule has 0 unspecified atom stereocenters. The lowest BCUT2D eigenvalue weighted by atomic mass is 10.1. The number of amides is 1. The molecule has 2 rings (SSSR count). The monoisotopic (exact) mass is 280 g/mol. The summed E-state index contributed by atoms with van der Waals surface area (Å²) >= 11 is 5.93. The molecular formula is C14H17ClN2O2. The number of hydrogen-bond acceptors (Lipinski definition) is 3. The van der Waals surface area contributed by atoms with Gasteiger partial charge in [-0.05, 0) is 43.7 Å². The highest BCUT2D eigenvalue weighted by molar-refractivity contribution is 6.30. The fourth-order valence-electron chi connectivity index (χ4n) is 1.86. The summed E-state index contributed by atoms with van der Waals surface area (Å²) in [5, 5.41) is 3.48. The lowest BCUT2D eigenvalue weighted by molar-refractivity contribution is -0.117. The topological polar surface area (TPSA) is 64.3 Å². The highest BCUT2D eigenvalue weighted by Gasteiger charge is 2.16. The minimum atomic E-state index is -0.0948. The van der Waals surface area contributed by atoms with Crippen LogP contribution in [0.3, 0.4) is 0 Å². The zero-order chi connectivity index (χ0) is 13.7. The third-order valence-electron chi connectivity index (χ3n) is 2.89. The van der Waals surface area contributed by atoms with Gasteiger partial charge in [0.1, 0.15) is 12.4 Å². The molecule has 0 aromatic heterocycles. The summed E-state index contributed by atoms with van der Waals surface area (Å²) in [6, 6.07) is 5.37. The molecule has 1 heterocycles. The second-order valence-corrected chi connectivity index (χ2v) is 4.83. The average molecular weight is 281 g/mol. The quantitative estimate of drug-likeness (QED) is 0.811. The second-order valence-electron chi connectivity index (χ2n) is 4.39. The van der Waals surface area contributed by atoms with Crippen molar-refractivity contribution in [3.63, 3.8) is 0 Å². The molecule has 0 saturated carbocycles. The number of nitrogens with two attached hydrogens (primary N) is 1. The van der Waals surface area contributed by atoms with Crippen molar-refractivity contribution in [1.82, 2.24) is 5.32 Å². The van der Waals surface area contributed by atoms with Crippen molar-refractivity contribution in [2.24, 2.45) is 5.73 Å².